The highest BCUT2D eigenvalue weighted by atomic mass is 35.5. The van der Waals surface area contributed by atoms with Gasteiger partial charge in [0.25, 0.3) is 0 Å². The summed E-state index contributed by atoms with van der Waals surface area (Å²) in [6, 6.07) is 1.28. The Balaban J connectivity index is 1.99. The number of pyridine rings is 1. The van der Waals surface area contributed by atoms with Gasteiger partial charge in [-0.25, -0.2) is 9.37 Å². The molecule has 5 heteroatoms. The van der Waals surface area contributed by atoms with Gasteiger partial charge in [-0.1, -0.05) is 18.0 Å². The molecule has 1 saturated carbocycles. The van der Waals surface area contributed by atoms with Gasteiger partial charge in [0.2, 0.25) is 0 Å². The van der Waals surface area contributed by atoms with Crippen LogP contribution in [-0.2, 0) is 0 Å². The van der Waals surface area contributed by atoms with Crippen molar-refractivity contribution >= 4 is 29.2 Å². The Morgan fingerprint density at radius 1 is 1.62 bits per heavy atom. The molecule has 0 aliphatic heterocycles. The maximum absolute atomic E-state index is 13.4. The Hall–Kier alpha value is -0.480. The minimum absolute atomic E-state index is 0.272. The Bertz CT molecular complexity index is 377. The van der Waals surface area contributed by atoms with E-state index in [9.17, 15) is 4.39 Å². The van der Waals surface area contributed by atoms with Crippen molar-refractivity contribution in [1.82, 2.24) is 4.98 Å². The molecule has 0 aromatic carbocycles. The summed E-state index contributed by atoms with van der Waals surface area (Å²) in [6.45, 7) is 0.764. The van der Waals surface area contributed by atoms with Crippen LogP contribution in [0.5, 0.6) is 0 Å². The van der Waals surface area contributed by atoms with E-state index in [-0.39, 0.29) is 10.6 Å². The van der Waals surface area contributed by atoms with Crippen molar-refractivity contribution in [2.75, 3.05) is 18.1 Å². The van der Waals surface area contributed by atoms with Crippen molar-refractivity contribution in [1.29, 1.82) is 0 Å². The van der Waals surface area contributed by atoms with Gasteiger partial charge in [0.05, 0.1) is 5.02 Å². The monoisotopic (exact) mass is 260 g/mol. The lowest BCUT2D eigenvalue weighted by Crippen LogP contribution is -2.40. The number of anilines is 1. The van der Waals surface area contributed by atoms with Gasteiger partial charge in [-0.3, -0.25) is 0 Å². The Kier molecular flexibility index (Phi) is 3.60. The molecule has 2 nitrogen and oxygen atoms in total. The first-order valence-electron chi connectivity index (χ1n) is 5.25. The SMILES string of the molecule is CSC1(CNc2ncc(Cl)cc2F)CCC1. The van der Waals surface area contributed by atoms with E-state index in [2.05, 4.69) is 16.6 Å². The second-order valence-electron chi connectivity index (χ2n) is 4.08. The number of halogens is 2. The topological polar surface area (TPSA) is 24.9 Å². The quantitative estimate of drug-likeness (QED) is 0.896. The molecule has 1 aromatic heterocycles. The lowest BCUT2D eigenvalue weighted by atomic mass is 9.84. The zero-order valence-electron chi connectivity index (χ0n) is 9.09. The summed E-state index contributed by atoms with van der Waals surface area (Å²) >= 11 is 7.49. The van der Waals surface area contributed by atoms with Crippen LogP contribution in [0.15, 0.2) is 12.3 Å². The summed E-state index contributed by atoms with van der Waals surface area (Å²) in [6.07, 6.45) is 7.21. The van der Waals surface area contributed by atoms with Gasteiger partial charge < -0.3 is 5.32 Å². The number of nitrogens with zero attached hydrogens (tertiary/aromatic N) is 1. The summed E-state index contributed by atoms with van der Waals surface area (Å²) in [4.78, 5) is 3.95. The van der Waals surface area contributed by atoms with Gasteiger partial charge in [0.15, 0.2) is 11.6 Å². The molecule has 0 amide bonds. The van der Waals surface area contributed by atoms with Crippen molar-refractivity contribution in [3.63, 3.8) is 0 Å². The van der Waals surface area contributed by atoms with Gasteiger partial charge in [-0.05, 0) is 25.2 Å². The van der Waals surface area contributed by atoms with Crippen LogP contribution in [0.2, 0.25) is 5.02 Å². The summed E-state index contributed by atoms with van der Waals surface area (Å²) in [5.41, 5.74) is 0. The first-order valence-corrected chi connectivity index (χ1v) is 6.86. The van der Waals surface area contributed by atoms with Gasteiger partial charge in [0, 0.05) is 17.5 Å². The summed E-state index contributed by atoms with van der Waals surface area (Å²) in [5.74, 6) is -0.0900. The standard InChI is InChI=1S/C11H14ClFN2S/c1-16-11(3-2-4-11)7-15-10-9(13)5-8(12)6-14-10/h5-6H,2-4,7H2,1H3,(H,14,15). The normalized spacial score (nSPS) is 17.9. The molecule has 1 heterocycles. The molecule has 0 atom stereocenters. The number of nitrogens with one attached hydrogen (secondary N) is 1. The van der Waals surface area contributed by atoms with Crippen LogP contribution in [0, 0.1) is 5.82 Å². The highest BCUT2D eigenvalue weighted by Crippen LogP contribution is 2.42. The van der Waals surface area contributed by atoms with E-state index in [4.69, 9.17) is 11.6 Å². The van der Waals surface area contributed by atoms with E-state index in [0.29, 0.717) is 10.8 Å². The van der Waals surface area contributed by atoms with E-state index in [1.165, 1.54) is 31.5 Å². The van der Waals surface area contributed by atoms with Crippen LogP contribution < -0.4 is 5.32 Å². The summed E-state index contributed by atoms with van der Waals surface area (Å²) < 4.78 is 13.7. The van der Waals surface area contributed by atoms with Crippen LogP contribution in [0.4, 0.5) is 10.2 Å². The molecule has 88 valence electrons. The fourth-order valence-corrected chi connectivity index (χ4v) is 2.87. The lowest BCUT2D eigenvalue weighted by Gasteiger charge is -2.40. The van der Waals surface area contributed by atoms with Gasteiger partial charge in [0.1, 0.15) is 0 Å². The number of thioether (sulfide) groups is 1. The average molecular weight is 261 g/mol. The van der Waals surface area contributed by atoms with E-state index >= 15 is 0 Å². The summed E-state index contributed by atoms with van der Waals surface area (Å²) in [7, 11) is 0. The third-order valence-corrected chi connectivity index (χ3v) is 4.71. The fourth-order valence-electron chi connectivity index (χ4n) is 1.81. The third-order valence-electron chi connectivity index (χ3n) is 3.08. The zero-order chi connectivity index (χ0) is 11.6. The van der Waals surface area contributed by atoms with E-state index in [1.54, 1.807) is 0 Å². The van der Waals surface area contributed by atoms with Crippen LogP contribution in [0.3, 0.4) is 0 Å². The lowest BCUT2D eigenvalue weighted by molar-refractivity contribution is 0.379. The van der Waals surface area contributed by atoms with E-state index in [1.807, 2.05) is 11.8 Å². The number of hydrogen-bond acceptors (Lipinski definition) is 3. The number of hydrogen-bond donors (Lipinski definition) is 1. The Labute approximate surface area is 104 Å². The van der Waals surface area contributed by atoms with E-state index in [0.717, 1.165) is 6.54 Å². The smallest absolute Gasteiger partial charge is 0.166 e. The minimum Gasteiger partial charge on any atom is -0.366 e. The molecule has 1 fully saturated rings. The largest absolute Gasteiger partial charge is 0.366 e. The molecule has 0 bridgehead atoms. The van der Waals surface area contributed by atoms with E-state index < -0.39 is 0 Å². The predicted octanol–water partition coefficient (Wildman–Crippen LogP) is 3.57. The Morgan fingerprint density at radius 3 is 2.88 bits per heavy atom. The Morgan fingerprint density at radius 2 is 2.38 bits per heavy atom. The van der Waals surface area contributed by atoms with Gasteiger partial charge in [-0.15, -0.1) is 0 Å². The molecule has 1 aliphatic carbocycles. The van der Waals surface area contributed by atoms with Crippen molar-refractivity contribution in [2.24, 2.45) is 0 Å². The van der Waals surface area contributed by atoms with Gasteiger partial charge >= 0.3 is 0 Å². The third kappa shape index (κ3) is 2.43. The van der Waals surface area contributed by atoms with Crippen LogP contribution in [0.1, 0.15) is 19.3 Å². The van der Waals surface area contributed by atoms with Crippen molar-refractivity contribution in [3.8, 4) is 0 Å². The molecular formula is C11H14ClFN2S. The number of aromatic nitrogens is 1. The second-order valence-corrected chi connectivity index (χ2v) is 5.79. The van der Waals surface area contributed by atoms with Crippen molar-refractivity contribution in [2.45, 2.75) is 24.0 Å². The highest BCUT2D eigenvalue weighted by Gasteiger charge is 2.36. The predicted molar refractivity (Wildman–Crippen MR) is 67.8 cm³/mol. The molecule has 0 saturated heterocycles. The molecule has 0 radical (unpaired) electrons. The number of rotatable bonds is 4. The van der Waals surface area contributed by atoms with Gasteiger partial charge in [-0.2, -0.15) is 11.8 Å². The molecule has 0 unspecified atom stereocenters. The maximum atomic E-state index is 13.4. The molecule has 0 spiro atoms. The highest BCUT2D eigenvalue weighted by molar-refractivity contribution is 8.00. The molecule has 2 rings (SSSR count). The zero-order valence-corrected chi connectivity index (χ0v) is 10.7. The molecule has 1 N–H and O–H groups in total. The minimum atomic E-state index is -0.386. The van der Waals surface area contributed by atoms with Crippen molar-refractivity contribution in [3.05, 3.63) is 23.1 Å². The van der Waals surface area contributed by atoms with Crippen LogP contribution >= 0.6 is 23.4 Å². The fraction of sp³-hybridized carbons (Fsp3) is 0.545. The summed E-state index contributed by atoms with van der Waals surface area (Å²) in [5, 5.41) is 3.39. The van der Waals surface area contributed by atoms with Crippen LogP contribution in [-0.4, -0.2) is 22.5 Å². The second kappa shape index (κ2) is 4.80. The molecule has 1 aromatic rings. The molecule has 1 aliphatic rings. The van der Waals surface area contributed by atoms with Crippen LogP contribution in [0.25, 0.3) is 0 Å². The average Bonchev–Trinajstić information content (AvgIpc) is 2.19. The van der Waals surface area contributed by atoms with Crippen molar-refractivity contribution < 1.29 is 4.39 Å². The molecular weight excluding hydrogens is 247 g/mol. The molecule has 16 heavy (non-hydrogen) atoms. The maximum Gasteiger partial charge on any atom is 0.166 e. The first-order chi connectivity index (χ1) is 7.65. The first kappa shape index (κ1) is 12.0.